The van der Waals surface area contributed by atoms with Crippen molar-refractivity contribution in [1.82, 2.24) is 9.58 Å². The molecule has 4 aliphatic rings. The van der Waals surface area contributed by atoms with E-state index < -0.39 is 65.7 Å². The maximum Gasteiger partial charge on any atom is 0.278 e. The Bertz CT molecular complexity index is 1610. The van der Waals surface area contributed by atoms with Gasteiger partial charge in [0.1, 0.15) is 12.2 Å². The highest BCUT2D eigenvalue weighted by Crippen LogP contribution is 2.49. The van der Waals surface area contributed by atoms with Crippen molar-refractivity contribution in [3.8, 4) is 5.75 Å². The molecule has 0 saturated carbocycles. The van der Waals surface area contributed by atoms with E-state index in [4.69, 9.17) is 4.74 Å². The summed E-state index contributed by atoms with van der Waals surface area (Å²) in [6.07, 6.45) is -1.30. The number of anilines is 1. The molecule has 7 rings (SSSR count). The van der Waals surface area contributed by atoms with Gasteiger partial charge in [0.05, 0.1) is 25.7 Å². The van der Waals surface area contributed by atoms with E-state index in [9.17, 15) is 27.9 Å². The summed E-state index contributed by atoms with van der Waals surface area (Å²) in [4.78, 5) is 29.1. The van der Waals surface area contributed by atoms with Gasteiger partial charge < -0.3 is 19.6 Å². The van der Waals surface area contributed by atoms with Crippen LogP contribution in [0.15, 0.2) is 53.5 Å². The molecule has 40 heavy (non-hydrogen) atoms. The van der Waals surface area contributed by atoms with Gasteiger partial charge >= 0.3 is 0 Å². The van der Waals surface area contributed by atoms with E-state index in [1.807, 2.05) is 11.0 Å². The Morgan fingerprint density at radius 2 is 1.77 bits per heavy atom. The molecule has 1 amide bonds. The predicted molar refractivity (Wildman–Crippen MR) is 135 cm³/mol. The number of rotatable bonds is 1. The molecule has 2 aromatic carbocycles. The second-order valence-corrected chi connectivity index (χ2v) is 10.5. The smallest absolute Gasteiger partial charge is 0.278 e. The number of aromatic hydroxyl groups is 1. The SMILES string of the molecule is O=C1c2c(O)c(=O)ccn2N(C2c3ccccc3N3CCOCC3c3c2ccc(F)c3F)C2CC(F)(F)CCN12. The molecule has 0 aliphatic carbocycles. The average Bonchev–Trinajstić information content (AvgIpc) is 3.05. The van der Waals surface area contributed by atoms with Crippen LogP contribution in [0.3, 0.4) is 0 Å². The number of amides is 1. The van der Waals surface area contributed by atoms with Crippen LogP contribution in [0.4, 0.5) is 23.2 Å². The fraction of sp³-hybridized carbons (Fsp3) is 0.357. The van der Waals surface area contributed by atoms with E-state index >= 15 is 4.39 Å². The number of hydrogen-bond donors (Lipinski definition) is 1. The van der Waals surface area contributed by atoms with Crippen molar-refractivity contribution in [2.75, 3.05) is 36.2 Å². The lowest BCUT2D eigenvalue weighted by molar-refractivity contribution is -0.0784. The number of piperidine rings is 1. The van der Waals surface area contributed by atoms with Crippen LogP contribution in [-0.4, -0.2) is 59.0 Å². The zero-order valence-corrected chi connectivity index (χ0v) is 21.1. The number of alkyl halides is 2. The lowest BCUT2D eigenvalue weighted by Gasteiger charge is -2.52. The van der Waals surface area contributed by atoms with E-state index in [1.165, 1.54) is 26.8 Å². The first-order chi connectivity index (χ1) is 19.2. The van der Waals surface area contributed by atoms with Gasteiger partial charge in [-0.2, -0.15) is 0 Å². The second kappa shape index (κ2) is 8.72. The van der Waals surface area contributed by atoms with Crippen molar-refractivity contribution in [2.24, 2.45) is 0 Å². The van der Waals surface area contributed by atoms with Gasteiger partial charge in [-0.3, -0.25) is 19.3 Å². The Kier molecular flexibility index (Phi) is 5.44. The molecule has 3 aromatic rings. The molecule has 0 bridgehead atoms. The number of halogens is 4. The summed E-state index contributed by atoms with van der Waals surface area (Å²) in [6, 6.07) is 8.92. The van der Waals surface area contributed by atoms with E-state index in [0.29, 0.717) is 30.0 Å². The van der Waals surface area contributed by atoms with Gasteiger partial charge in [0.25, 0.3) is 11.8 Å². The first-order valence-electron chi connectivity index (χ1n) is 13.0. The minimum Gasteiger partial charge on any atom is -0.502 e. The maximum atomic E-state index is 15.8. The van der Waals surface area contributed by atoms with Crippen molar-refractivity contribution >= 4 is 11.6 Å². The molecule has 4 aliphatic heterocycles. The van der Waals surface area contributed by atoms with E-state index in [1.54, 1.807) is 18.2 Å². The molecular weight excluding hydrogens is 532 g/mol. The summed E-state index contributed by atoms with van der Waals surface area (Å²) < 4.78 is 67.4. The molecular formula is C28H24F4N4O4. The predicted octanol–water partition coefficient (Wildman–Crippen LogP) is 3.66. The topological polar surface area (TPSA) is 78.2 Å². The summed E-state index contributed by atoms with van der Waals surface area (Å²) >= 11 is 0. The molecule has 0 spiro atoms. The van der Waals surface area contributed by atoms with Crippen LogP contribution < -0.4 is 15.3 Å². The number of morpholine rings is 1. The van der Waals surface area contributed by atoms with Crippen molar-refractivity contribution in [2.45, 2.75) is 37.0 Å². The lowest BCUT2D eigenvalue weighted by atomic mass is 9.90. The standard InChI is InChI=1S/C28H24F4N4O4/c29-17-6-5-16-22(23(17)30)19-14-40-12-11-33(19)18-4-2-1-3-15(18)24(16)36-21-13-28(31,32)8-10-34(21)27(39)25-26(38)20(37)7-9-35(25)36/h1-7,9,19,21,24,38H,8,10-14H2. The molecule has 1 N–H and O–H groups in total. The van der Waals surface area contributed by atoms with Crippen LogP contribution in [0.2, 0.25) is 0 Å². The maximum absolute atomic E-state index is 15.8. The average molecular weight is 557 g/mol. The van der Waals surface area contributed by atoms with Gasteiger partial charge in [-0.1, -0.05) is 24.3 Å². The summed E-state index contributed by atoms with van der Waals surface area (Å²) in [5.74, 6) is -6.82. The fourth-order valence-electron chi connectivity index (χ4n) is 6.59. The minimum absolute atomic E-state index is 0.0266. The molecule has 208 valence electrons. The number of fused-ring (bicyclic) bond motifs is 7. The molecule has 8 nitrogen and oxygen atoms in total. The summed E-state index contributed by atoms with van der Waals surface area (Å²) in [6.45, 7) is 0.474. The van der Waals surface area contributed by atoms with Gasteiger partial charge in [-0.15, -0.1) is 0 Å². The molecule has 3 unspecified atom stereocenters. The minimum atomic E-state index is -3.12. The number of carbonyl (C=O) groups is 1. The molecule has 12 heteroatoms. The number of pyridine rings is 1. The highest BCUT2D eigenvalue weighted by Gasteiger charge is 2.52. The van der Waals surface area contributed by atoms with Crippen molar-refractivity contribution < 1.29 is 32.2 Å². The normalized spacial score (nSPS) is 24.9. The number of aromatic nitrogens is 1. The number of ether oxygens (including phenoxy) is 1. The van der Waals surface area contributed by atoms with Crippen LogP contribution in [0.1, 0.15) is 52.1 Å². The van der Waals surface area contributed by atoms with Gasteiger partial charge in [-0.25, -0.2) is 17.6 Å². The largest absolute Gasteiger partial charge is 0.502 e. The number of hydrogen-bond acceptors (Lipinski definition) is 6. The molecule has 3 atom stereocenters. The van der Waals surface area contributed by atoms with E-state index in [-0.39, 0.29) is 24.4 Å². The Labute approximate surface area is 225 Å². The third kappa shape index (κ3) is 3.48. The Morgan fingerprint density at radius 3 is 2.60 bits per heavy atom. The Hall–Kier alpha value is -4.06. The number of nitrogens with zero attached hydrogens (tertiary/aromatic N) is 4. The number of benzene rings is 2. The Balaban J connectivity index is 1.57. The van der Waals surface area contributed by atoms with Crippen LogP contribution in [-0.2, 0) is 4.74 Å². The van der Waals surface area contributed by atoms with Gasteiger partial charge in [0, 0.05) is 48.6 Å². The first-order valence-corrected chi connectivity index (χ1v) is 13.0. The van der Waals surface area contributed by atoms with Crippen LogP contribution >= 0.6 is 0 Å². The second-order valence-electron chi connectivity index (χ2n) is 10.5. The first kappa shape index (κ1) is 24.9. The summed E-state index contributed by atoms with van der Waals surface area (Å²) in [7, 11) is 0. The van der Waals surface area contributed by atoms with Crippen LogP contribution in [0.5, 0.6) is 5.75 Å². The van der Waals surface area contributed by atoms with Crippen molar-refractivity contribution in [3.05, 3.63) is 92.9 Å². The van der Waals surface area contributed by atoms with Crippen LogP contribution in [0.25, 0.3) is 0 Å². The van der Waals surface area contributed by atoms with Gasteiger partial charge in [0.2, 0.25) is 5.43 Å². The molecule has 2 saturated heterocycles. The summed E-state index contributed by atoms with van der Waals surface area (Å²) in [5.41, 5.74) is 0.432. The molecule has 5 heterocycles. The van der Waals surface area contributed by atoms with Gasteiger partial charge in [0.15, 0.2) is 23.1 Å². The highest BCUT2D eigenvalue weighted by atomic mass is 19.3. The van der Waals surface area contributed by atoms with Crippen LogP contribution in [0, 0.1) is 11.6 Å². The zero-order valence-electron chi connectivity index (χ0n) is 21.1. The quantitative estimate of drug-likeness (QED) is 0.461. The van der Waals surface area contributed by atoms with E-state index in [0.717, 1.165) is 12.1 Å². The van der Waals surface area contributed by atoms with Crippen molar-refractivity contribution in [1.29, 1.82) is 0 Å². The fourth-order valence-corrected chi connectivity index (χ4v) is 6.59. The van der Waals surface area contributed by atoms with Gasteiger partial charge in [-0.05, 0) is 17.7 Å². The third-order valence-corrected chi connectivity index (χ3v) is 8.36. The lowest BCUT2D eigenvalue weighted by Crippen LogP contribution is -2.66. The highest BCUT2D eigenvalue weighted by molar-refractivity contribution is 5.96. The molecule has 0 radical (unpaired) electrons. The monoisotopic (exact) mass is 556 g/mol. The zero-order chi connectivity index (χ0) is 27.9. The Morgan fingerprint density at radius 1 is 0.975 bits per heavy atom. The van der Waals surface area contributed by atoms with Crippen molar-refractivity contribution in [3.63, 3.8) is 0 Å². The number of para-hydroxylation sites is 1. The molecule has 1 aromatic heterocycles. The summed E-state index contributed by atoms with van der Waals surface area (Å²) in [5, 5.41) is 12.2. The van der Waals surface area contributed by atoms with E-state index in [2.05, 4.69) is 0 Å². The molecule has 2 fully saturated rings. The number of carbonyl (C=O) groups excluding carboxylic acids is 1. The third-order valence-electron chi connectivity index (χ3n) is 8.36.